The molecule has 0 amide bonds. The Morgan fingerprint density at radius 2 is 1.44 bits per heavy atom. The van der Waals surface area contributed by atoms with Crippen LogP contribution in [0.2, 0.25) is 0 Å². The first-order valence-electron chi connectivity index (χ1n) is 10.9. The predicted molar refractivity (Wildman–Crippen MR) is 135 cm³/mol. The molecule has 1 aliphatic carbocycles. The Bertz CT molecular complexity index is 1100. The van der Waals surface area contributed by atoms with E-state index in [2.05, 4.69) is 50.3 Å². The topological polar surface area (TPSA) is 9.23 Å². The van der Waals surface area contributed by atoms with Gasteiger partial charge >= 0.3 is 64.9 Å². The molecule has 0 radical (unpaired) electrons. The summed E-state index contributed by atoms with van der Waals surface area (Å²) in [6, 6.07) is 30.2. The van der Waals surface area contributed by atoms with Crippen LogP contribution in [0.1, 0.15) is 31.4 Å². The molecule has 0 atom stereocenters. The molecule has 1 aliphatic rings. The van der Waals surface area contributed by atoms with Crippen molar-refractivity contribution in [2.45, 2.75) is 20.3 Å². The van der Waals surface area contributed by atoms with Gasteiger partial charge in [-0.3, -0.25) is 0 Å². The van der Waals surface area contributed by atoms with Crippen LogP contribution in [0.5, 0.6) is 5.75 Å². The maximum absolute atomic E-state index is 6.05. The summed E-state index contributed by atoms with van der Waals surface area (Å²) in [5.74, 6) is 1.65. The Hall–Kier alpha value is -3.00. The number of hydrogen-bond acceptors (Lipinski definition) is 1. The van der Waals surface area contributed by atoms with E-state index < -0.39 is 0 Å². The van der Waals surface area contributed by atoms with Gasteiger partial charge in [-0.1, -0.05) is 91.0 Å². The summed E-state index contributed by atoms with van der Waals surface area (Å²) >= 11 is 0.153. The fourth-order valence-corrected chi connectivity index (χ4v) is 4.71. The molecule has 0 saturated carbocycles. The third kappa shape index (κ3) is 8.63. The number of benzene rings is 3. The summed E-state index contributed by atoms with van der Waals surface area (Å²) in [5.41, 5.74) is 2.21. The standard InChI is InChI=1S/C22H18O.C5H5.C3H6.Ti/c1-4-11-19(12-5-1)13-10-18-22(20-14-6-2-7-15-20)23-21-16-8-3-9-17-21;1-2-4-5-3-1;1-3-2;/h1-18H;1-3H,4H2;1-2H3;. The van der Waals surface area contributed by atoms with E-state index in [-0.39, 0.29) is 18.7 Å². The van der Waals surface area contributed by atoms with Gasteiger partial charge in [-0.25, -0.2) is 0 Å². The first kappa shape index (κ1) is 23.7. The summed E-state index contributed by atoms with van der Waals surface area (Å²) < 4.78 is 9.35. The minimum atomic E-state index is 0.153. The van der Waals surface area contributed by atoms with Crippen molar-refractivity contribution in [2.24, 2.45) is 0 Å². The molecule has 32 heavy (non-hydrogen) atoms. The zero-order valence-electron chi connectivity index (χ0n) is 18.7. The van der Waals surface area contributed by atoms with Crippen LogP contribution < -0.4 is 4.74 Å². The van der Waals surface area contributed by atoms with E-state index in [1.54, 1.807) is 7.69 Å². The quantitative estimate of drug-likeness (QED) is 0.209. The van der Waals surface area contributed by atoms with E-state index in [0.29, 0.717) is 0 Å². The van der Waals surface area contributed by atoms with Crippen molar-refractivity contribution in [3.8, 4) is 5.75 Å². The maximum atomic E-state index is 6.05. The first-order chi connectivity index (χ1) is 15.7. The molecule has 1 nitrogen and oxygen atoms in total. The molecule has 0 fully saturated rings. The number of para-hydroxylation sites is 1. The number of allylic oxidation sites excluding steroid dienone is 6. The molecule has 0 bridgehead atoms. The zero-order chi connectivity index (χ0) is 22.4. The molecule has 0 unspecified atom stereocenters. The predicted octanol–water partition coefficient (Wildman–Crippen LogP) is 7.94. The third-order valence-electron chi connectivity index (χ3n) is 4.55. The van der Waals surface area contributed by atoms with E-state index in [9.17, 15) is 0 Å². The van der Waals surface area contributed by atoms with E-state index in [1.807, 2.05) is 91.0 Å². The summed E-state index contributed by atoms with van der Waals surface area (Å²) in [6.45, 7) is 4.47. The van der Waals surface area contributed by atoms with Crippen LogP contribution in [-0.4, -0.2) is 3.81 Å². The van der Waals surface area contributed by atoms with E-state index in [0.717, 1.165) is 22.6 Å². The molecule has 0 aromatic heterocycles. The van der Waals surface area contributed by atoms with Crippen LogP contribution in [0.25, 0.3) is 11.8 Å². The van der Waals surface area contributed by atoms with Crippen LogP contribution in [0.3, 0.4) is 0 Å². The minimum absolute atomic E-state index is 0.153. The number of rotatable bonds is 6. The molecule has 0 spiro atoms. The van der Waals surface area contributed by atoms with Gasteiger partial charge in [0, 0.05) is 5.56 Å². The van der Waals surface area contributed by atoms with Crippen LogP contribution in [0.4, 0.5) is 0 Å². The molecular formula is C30H29OTi. The first-order valence-corrected chi connectivity index (χ1v) is 12.4. The third-order valence-corrected chi connectivity index (χ3v) is 6.41. The summed E-state index contributed by atoms with van der Waals surface area (Å²) in [7, 11) is 0. The van der Waals surface area contributed by atoms with E-state index in [1.165, 1.54) is 6.42 Å². The van der Waals surface area contributed by atoms with Gasteiger partial charge in [-0.2, -0.15) is 0 Å². The van der Waals surface area contributed by atoms with Gasteiger partial charge in [0.1, 0.15) is 11.5 Å². The van der Waals surface area contributed by atoms with Crippen molar-refractivity contribution in [1.82, 2.24) is 0 Å². The van der Waals surface area contributed by atoms with Crippen molar-refractivity contribution in [3.63, 3.8) is 0 Å². The van der Waals surface area contributed by atoms with Crippen molar-refractivity contribution in [1.29, 1.82) is 0 Å². The Labute approximate surface area is 200 Å². The Morgan fingerprint density at radius 1 is 0.812 bits per heavy atom. The van der Waals surface area contributed by atoms with Crippen LogP contribution in [0, 0.1) is 0 Å². The fourth-order valence-electron chi connectivity index (χ4n) is 3.08. The van der Waals surface area contributed by atoms with Crippen molar-refractivity contribution < 1.29 is 23.4 Å². The van der Waals surface area contributed by atoms with Crippen LogP contribution in [0.15, 0.2) is 125 Å². The summed E-state index contributed by atoms with van der Waals surface area (Å²) in [6.07, 6.45) is 14.0. The van der Waals surface area contributed by atoms with Gasteiger partial charge in [0.15, 0.2) is 0 Å². The molecular weight excluding hydrogens is 424 g/mol. The Kier molecular flexibility index (Phi) is 9.93. The van der Waals surface area contributed by atoms with Gasteiger partial charge in [0.2, 0.25) is 0 Å². The van der Waals surface area contributed by atoms with Gasteiger partial charge < -0.3 is 4.74 Å². The molecule has 0 heterocycles. The second kappa shape index (κ2) is 13.4. The van der Waals surface area contributed by atoms with Gasteiger partial charge in [-0.05, 0) is 23.8 Å². The van der Waals surface area contributed by atoms with Crippen molar-refractivity contribution >= 4 is 15.6 Å². The average molecular weight is 453 g/mol. The molecule has 3 aromatic carbocycles. The molecule has 0 N–H and O–H groups in total. The van der Waals surface area contributed by atoms with Crippen molar-refractivity contribution in [2.75, 3.05) is 0 Å². The fraction of sp³-hybridized carbons (Fsp3) is 0.100. The second-order valence-corrected chi connectivity index (χ2v) is 10.5. The Morgan fingerprint density at radius 3 is 2.03 bits per heavy atom. The van der Waals surface area contributed by atoms with Gasteiger partial charge in [-0.15, -0.1) is 0 Å². The zero-order valence-corrected chi connectivity index (χ0v) is 20.3. The summed E-state index contributed by atoms with van der Waals surface area (Å²) in [5, 5.41) is 0. The SMILES string of the molecule is C(=Cc1ccccc1)C=C(Oc1ccccc1)c1ccccc1.C[C](C)=[Ti][C]1=CC=CC1. The van der Waals surface area contributed by atoms with Crippen LogP contribution in [-0.2, 0) is 18.7 Å². The molecule has 159 valence electrons. The van der Waals surface area contributed by atoms with Gasteiger partial charge in [0.05, 0.1) is 0 Å². The molecule has 0 aliphatic heterocycles. The second-order valence-electron chi connectivity index (χ2n) is 7.53. The summed E-state index contributed by atoms with van der Waals surface area (Å²) in [4.78, 5) is 0. The number of ether oxygens (including phenoxy) is 1. The average Bonchev–Trinajstić information content (AvgIpc) is 3.33. The van der Waals surface area contributed by atoms with E-state index >= 15 is 0 Å². The molecule has 0 saturated heterocycles. The van der Waals surface area contributed by atoms with E-state index in [4.69, 9.17) is 4.74 Å². The monoisotopic (exact) mass is 453 g/mol. The molecule has 3 aromatic rings. The molecule has 4 rings (SSSR count). The normalized spacial score (nSPS) is 12.6. The molecule has 2 heteroatoms. The van der Waals surface area contributed by atoms with Gasteiger partial charge in [0.25, 0.3) is 0 Å². The van der Waals surface area contributed by atoms with Crippen LogP contribution >= 0.6 is 0 Å². The Balaban J connectivity index is 0.000000269. The number of hydrogen-bond donors (Lipinski definition) is 0. The van der Waals surface area contributed by atoms with Crippen molar-refractivity contribution in [3.05, 3.63) is 136 Å².